The second-order valence-electron chi connectivity index (χ2n) is 27.9. The van der Waals surface area contributed by atoms with Crippen molar-refractivity contribution in [3.63, 3.8) is 0 Å². The van der Waals surface area contributed by atoms with E-state index in [0.29, 0.717) is 11.1 Å². The number of anilines is 6. The molecule has 6 nitrogen and oxygen atoms in total. The molecular weight excluding hydrogens is 1410 g/mol. The summed E-state index contributed by atoms with van der Waals surface area (Å²) in [5.74, 6) is -0.197. The van der Waals surface area contributed by atoms with E-state index in [-0.39, 0.29) is 11.8 Å². The molecule has 0 aromatic heterocycles. The van der Waals surface area contributed by atoms with E-state index < -0.39 is 0 Å². The lowest BCUT2D eigenvalue weighted by molar-refractivity contribution is 0.101. The molecule has 6 heteroatoms. The molecule has 0 aliphatic rings. The Balaban J connectivity index is 0.000000124. The Bertz CT molecular complexity index is 6070. The predicted octanol–water partition coefficient (Wildman–Crippen LogP) is 29.4. The third kappa shape index (κ3) is 20.7. The maximum absolute atomic E-state index is 12.3. The summed E-state index contributed by atoms with van der Waals surface area (Å²) in [6.07, 6.45) is 0. The summed E-state index contributed by atoms with van der Waals surface area (Å²) in [4.78, 5) is 24.3. The molecule has 556 valence electrons. The van der Waals surface area contributed by atoms with Gasteiger partial charge in [0.05, 0.1) is 0 Å². The van der Waals surface area contributed by atoms with E-state index in [1.54, 1.807) is 24.3 Å². The fourth-order valence-electron chi connectivity index (χ4n) is 13.7. The van der Waals surface area contributed by atoms with E-state index in [4.69, 9.17) is 0 Å². The predicted molar refractivity (Wildman–Crippen MR) is 488 cm³/mol. The lowest BCUT2D eigenvalue weighted by Gasteiger charge is -2.13. The summed E-state index contributed by atoms with van der Waals surface area (Å²) in [6, 6.07) is 166. The molecule has 0 aliphatic carbocycles. The first-order valence-corrected chi connectivity index (χ1v) is 38.9. The number of rotatable bonds is 18. The summed E-state index contributed by atoms with van der Waals surface area (Å²) >= 11 is 0. The molecule has 0 unspecified atom stereocenters. The number of hydrogen-bond donors (Lipinski definition) is 4. The minimum atomic E-state index is -0.102. The van der Waals surface area contributed by atoms with E-state index in [9.17, 15) is 9.59 Å². The standard InChI is InChI=1S/C36H27N.C30H23N.C25H19NO.C19H15NO/c1-4-11-27(12-5-1)31-17-10-18-32(23-31)30-19-21-35(22-20-30)37-36-25-33(28-13-6-2-7-14-28)24-34(26-36)29-15-8-3-9-16-29;1-3-8-23(9-4-1)25-14-18-29(19-15-25)31-30-20-16-26(17-21-30)28-13-7-12-27(22-28)24-10-5-2-6-11-24;27-25(21-10-5-2-6-11-21)26-24-16-14-20(15-17-24)23-13-7-12-22(18-23)19-8-3-1-4-9-19;21-19(17-9-5-2-6-10-17)20-18-13-11-16(12-14-18)15-7-3-1-4-8-15/h1-26,37H;1-22,31H;1-18H,(H,26,27);1-14H,(H,20,21). The number of hydrogen-bond acceptors (Lipinski definition) is 4. The largest absolute Gasteiger partial charge is 0.356 e. The average Bonchev–Trinajstić information content (AvgIpc) is 0.822. The second kappa shape index (κ2) is 38.4. The molecule has 2 amide bonds. The Kier molecular flexibility index (Phi) is 25.1. The summed E-state index contributed by atoms with van der Waals surface area (Å²) in [5.41, 5.74) is 31.2. The molecule has 18 aromatic carbocycles. The molecule has 116 heavy (non-hydrogen) atoms. The SMILES string of the molecule is O=C(Nc1ccc(-c2cccc(-c3ccccc3)c2)cc1)c1ccccc1.O=C(Nc1ccc(-c2ccccc2)cc1)c1ccccc1.c1ccc(-c2ccc(Nc3ccc(-c4cccc(-c5ccccc5)c4)cc3)cc2)cc1.c1ccc(-c2cccc(-c3ccc(Nc4cc(-c5ccccc5)cc(-c5ccccc5)c4)cc3)c2)cc1. The minimum Gasteiger partial charge on any atom is -0.356 e. The number of benzene rings is 18. The second-order valence-corrected chi connectivity index (χ2v) is 27.9. The molecular formula is C110H84N4O2. The van der Waals surface area contributed by atoms with Crippen LogP contribution in [0.25, 0.3) is 111 Å². The van der Waals surface area contributed by atoms with Gasteiger partial charge >= 0.3 is 0 Å². The lowest BCUT2D eigenvalue weighted by atomic mass is 9.97. The number of amides is 2. The van der Waals surface area contributed by atoms with Gasteiger partial charge in [0.25, 0.3) is 11.8 Å². The first-order valence-electron chi connectivity index (χ1n) is 38.9. The van der Waals surface area contributed by atoms with Gasteiger partial charge in [-0.25, -0.2) is 0 Å². The molecule has 4 N–H and O–H groups in total. The maximum atomic E-state index is 12.3. The molecule has 0 radical (unpaired) electrons. The topological polar surface area (TPSA) is 82.3 Å². The molecule has 0 atom stereocenters. The maximum Gasteiger partial charge on any atom is 0.255 e. The van der Waals surface area contributed by atoms with Crippen molar-refractivity contribution in [2.75, 3.05) is 21.3 Å². The Morgan fingerprint density at radius 1 is 0.129 bits per heavy atom. The zero-order chi connectivity index (χ0) is 78.7. The van der Waals surface area contributed by atoms with E-state index in [0.717, 1.165) is 50.8 Å². The van der Waals surface area contributed by atoms with Crippen molar-refractivity contribution in [2.45, 2.75) is 0 Å². The third-order valence-corrected chi connectivity index (χ3v) is 19.9. The van der Waals surface area contributed by atoms with E-state index in [1.807, 2.05) is 133 Å². The highest BCUT2D eigenvalue weighted by atomic mass is 16.2. The van der Waals surface area contributed by atoms with Crippen molar-refractivity contribution in [3.05, 3.63) is 496 Å². The molecule has 18 aromatic rings. The van der Waals surface area contributed by atoms with Crippen LogP contribution in [-0.2, 0) is 0 Å². The van der Waals surface area contributed by atoms with Gasteiger partial charge in [0, 0.05) is 45.3 Å². The smallest absolute Gasteiger partial charge is 0.255 e. The normalized spacial score (nSPS) is 10.5. The van der Waals surface area contributed by atoms with Gasteiger partial charge in [-0.1, -0.05) is 364 Å². The van der Waals surface area contributed by atoms with Gasteiger partial charge in [-0.05, 0) is 233 Å². The van der Waals surface area contributed by atoms with Crippen LogP contribution < -0.4 is 21.3 Å². The summed E-state index contributed by atoms with van der Waals surface area (Å²) in [5, 5.41) is 13.0. The summed E-state index contributed by atoms with van der Waals surface area (Å²) in [6.45, 7) is 0. The van der Waals surface area contributed by atoms with Crippen LogP contribution in [0.4, 0.5) is 34.1 Å². The van der Waals surface area contributed by atoms with Crippen LogP contribution in [0.3, 0.4) is 0 Å². The Morgan fingerprint density at radius 2 is 0.293 bits per heavy atom. The van der Waals surface area contributed by atoms with Gasteiger partial charge in [-0.15, -0.1) is 0 Å². The van der Waals surface area contributed by atoms with Crippen LogP contribution in [-0.4, -0.2) is 11.8 Å². The van der Waals surface area contributed by atoms with Gasteiger partial charge in [-0.3, -0.25) is 9.59 Å². The van der Waals surface area contributed by atoms with E-state index in [1.165, 1.54) is 94.6 Å². The molecule has 0 aliphatic heterocycles. The molecule has 0 spiro atoms. The van der Waals surface area contributed by atoms with Crippen LogP contribution in [0.2, 0.25) is 0 Å². The molecule has 0 fully saturated rings. The van der Waals surface area contributed by atoms with Crippen molar-refractivity contribution < 1.29 is 9.59 Å². The van der Waals surface area contributed by atoms with Crippen molar-refractivity contribution in [1.29, 1.82) is 0 Å². The Hall–Kier alpha value is -15.5. The van der Waals surface area contributed by atoms with Gasteiger partial charge < -0.3 is 21.3 Å². The molecule has 0 heterocycles. The van der Waals surface area contributed by atoms with Crippen LogP contribution in [0.1, 0.15) is 20.7 Å². The van der Waals surface area contributed by atoms with Gasteiger partial charge in [0.15, 0.2) is 0 Å². The zero-order valence-electron chi connectivity index (χ0n) is 64.0. The molecule has 18 rings (SSSR count). The van der Waals surface area contributed by atoms with Crippen molar-refractivity contribution in [2.24, 2.45) is 0 Å². The highest BCUT2D eigenvalue weighted by Gasteiger charge is 2.12. The highest BCUT2D eigenvalue weighted by Crippen LogP contribution is 2.36. The van der Waals surface area contributed by atoms with Crippen molar-refractivity contribution >= 4 is 45.9 Å². The minimum absolute atomic E-state index is 0.0944. The first-order chi connectivity index (χ1) is 57.3. The lowest BCUT2D eigenvalue weighted by Crippen LogP contribution is -2.11. The Morgan fingerprint density at radius 3 is 0.534 bits per heavy atom. The quantitative estimate of drug-likeness (QED) is 0.0690. The first kappa shape index (κ1) is 75.9. The summed E-state index contributed by atoms with van der Waals surface area (Å²) in [7, 11) is 0. The van der Waals surface area contributed by atoms with Crippen LogP contribution in [0.5, 0.6) is 0 Å². The van der Waals surface area contributed by atoms with Crippen LogP contribution in [0, 0.1) is 0 Å². The van der Waals surface area contributed by atoms with Gasteiger partial charge in [0.2, 0.25) is 0 Å². The van der Waals surface area contributed by atoms with Gasteiger partial charge in [-0.2, -0.15) is 0 Å². The Labute approximate surface area is 680 Å². The zero-order valence-corrected chi connectivity index (χ0v) is 64.0. The number of carbonyl (C=O) groups is 2. The highest BCUT2D eigenvalue weighted by molar-refractivity contribution is 6.05. The van der Waals surface area contributed by atoms with E-state index in [2.05, 4.69) is 349 Å². The number of nitrogens with one attached hydrogen (secondary N) is 4. The number of carbonyl (C=O) groups excluding carboxylic acids is 2. The van der Waals surface area contributed by atoms with E-state index >= 15 is 0 Å². The molecule has 0 saturated carbocycles. The fourth-order valence-corrected chi connectivity index (χ4v) is 13.7. The fraction of sp³-hybridized carbons (Fsp3) is 0. The van der Waals surface area contributed by atoms with Crippen molar-refractivity contribution in [3.8, 4) is 111 Å². The monoisotopic (exact) mass is 1490 g/mol. The average molecular weight is 1490 g/mol. The van der Waals surface area contributed by atoms with Crippen LogP contribution >= 0.6 is 0 Å². The van der Waals surface area contributed by atoms with Crippen molar-refractivity contribution in [1.82, 2.24) is 0 Å². The van der Waals surface area contributed by atoms with Crippen LogP contribution in [0.15, 0.2) is 485 Å². The van der Waals surface area contributed by atoms with Gasteiger partial charge in [0.1, 0.15) is 0 Å². The third-order valence-electron chi connectivity index (χ3n) is 19.9. The molecule has 0 saturated heterocycles. The summed E-state index contributed by atoms with van der Waals surface area (Å²) < 4.78 is 0. The molecule has 0 bridgehead atoms.